The van der Waals surface area contributed by atoms with E-state index in [-0.39, 0.29) is 18.5 Å². The van der Waals surface area contributed by atoms with Gasteiger partial charge in [-0.15, -0.1) is 10.2 Å². The lowest BCUT2D eigenvalue weighted by molar-refractivity contribution is -0.133. The van der Waals surface area contributed by atoms with Crippen LogP contribution in [-0.2, 0) is 17.8 Å². The molecule has 4 rings (SSSR count). The van der Waals surface area contributed by atoms with Crippen molar-refractivity contribution in [3.05, 3.63) is 53.6 Å². The number of methoxy groups -OCH3 is 2. The number of carbonyl (C=O) groups excluding carboxylic acids is 1. The van der Waals surface area contributed by atoms with Crippen molar-refractivity contribution < 1.29 is 14.3 Å². The fourth-order valence-corrected chi connectivity index (χ4v) is 3.94. The van der Waals surface area contributed by atoms with Gasteiger partial charge in [0.1, 0.15) is 6.54 Å². The lowest BCUT2D eigenvalue weighted by atomic mass is 9.87. The second kappa shape index (κ2) is 8.52. The van der Waals surface area contributed by atoms with E-state index in [9.17, 15) is 4.79 Å². The minimum Gasteiger partial charge on any atom is -0.493 e. The van der Waals surface area contributed by atoms with E-state index in [4.69, 9.17) is 9.47 Å². The molecule has 1 aliphatic carbocycles. The summed E-state index contributed by atoms with van der Waals surface area (Å²) in [5, 5.41) is 12.5. The van der Waals surface area contributed by atoms with Crippen LogP contribution in [0.15, 0.2) is 42.5 Å². The van der Waals surface area contributed by atoms with Crippen molar-refractivity contribution in [1.29, 1.82) is 0 Å². The maximum atomic E-state index is 12.9. The normalized spacial score (nSPS) is 15.4. The highest BCUT2D eigenvalue weighted by Crippen LogP contribution is 2.34. The van der Waals surface area contributed by atoms with Gasteiger partial charge in [-0.05, 0) is 53.8 Å². The summed E-state index contributed by atoms with van der Waals surface area (Å²) in [6.07, 6.45) is 3.10. The molecule has 0 saturated carbocycles. The first-order valence-corrected chi connectivity index (χ1v) is 9.94. The van der Waals surface area contributed by atoms with E-state index >= 15 is 0 Å². The molecule has 0 unspecified atom stereocenters. The molecular weight excluding hydrogens is 382 g/mol. The topological polar surface area (TPSA) is 82.4 Å². The van der Waals surface area contributed by atoms with Crippen LogP contribution in [0.2, 0.25) is 0 Å². The van der Waals surface area contributed by atoms with Crippen LogP contribution in [0, 0.1) is 0 Å². The van der Waals surface area contributed by atoms with Crippen molar-refractivity contribution in [1.82, 2.24) is 25.1 Å². The van der Waals surface area contributed by atoms with E-state index in [0.29, 0.717) is 17.3 Å². The summed E-state index contributed by atoms with van der Waals surface area (Å²) >= 11 is 0. The quantitative estimate of drug-likeness (QED) is 0.625. The van der Waals surface area contributed by atoms with Crippen LogP contribution in [0.4, 0.5) is 0 Å². The Balaban J connectivity index is 1.48. The number of hydrogen-bond acceptors (Lipinski definition) is 6. The largest absolute Gasteiger partial charge is 0.493 e. The van der Waals surface area contributed by atoms with Crippen LogP contribution >= 0.6 is 0 Å². The first kappa shape index (κ1) is 19.9. The van der Waals surface area contributed by atoms with Gasteiger partial charge >= 0.3 is 0 Å². The van der Waals surface area contributed by atoms with Crippen LogP contribution in [0.5, 0.6) is 11.5 Å². The molecule has 8 heteroatoms. The molecule has 1 atom stereocenters. The van der Waals surface area contributed by atoms with E-state index in [1.165, 1.54) is 15.9 Å². The number of rotatable bonds is 6. The Labute approximate surface area is 175 Å². The van der Waals surface area contributed by atoms with Gasteiger partial charge in [0.25, 0.3) is 0 Å². The molecule has 30 heavy (non-hydrogen) atoms. The van der Waals surface area contributed by atoms with Crippen LogP contribution in [0.25, 0.3) is 11.4 Å². The third-order valence-corrected chi connectivity index (χ3v) is 5.57. The van der Waals surface area contributed by atoms with Gasteiger partial charge in [-0.25, -0.2) is 0 Å². The van der Waals surface area contributed by atoms with Gasteiger partial charge in [-0.1, -0.05) is 24.3 Å². The number of likely N-dealkylation sites (N-methyl/N-ethyl adjacent to an activating group) is 1. The Kier molecular flexibility index (Phi) is 5.65. The summed E-state index contributed by atoms with van der Waals surface area (Å²) in [5.41, 5.74) is 3.29. The first-order chi connectivity index (χ1) is 14.6. The number of aromatic nitrogens is 4. The zero-order valence-electron chi connectivity index (χ0n) is 17.4. The zero-order valence-corrected chi connectivity index (χ0v) is 17.4. The summed E-state index contributed by atoms with van der Waals surface area (Å²) in [7, 11) is 5.00. The lowest BCUT2D eigenvalue weighted by Crippen LogP contribution is -2.36. The number of ether oxygens (including phenoxy) is 2. The molecular formula is C22H25N5O3. The number of amides is 1. The highest BCUT2D eigenvalue weighted by Gasteiger charge is 2.27. The predicted octanol–water partition coefficient (Wildman–Crippen LogP) is 2.89. The van der Waals surface area contributed by atoms with Gasteiger partial charge in [0.15, 0.2) is 11.5 Å². The van der Waals surface area contributed by atoms with Crippen LogP contribution in [0.3, 0.4) is 0 Å². The molecule has 0 fully saturated rings. The SMILES string of the molecule is COc1ccc(-c2nnn(CC(=O)N(C)[C@H]3CCCc4ccccc43)n2)cc1OC. The molecule has 0 N–H and O–H groups in total. The number of fused-ring (bicyclic) bond motifs is 1. The molecule has 0 spiro atoms. The minimum atomic E-state index is -0.0482. The summed E-state index contributed by atoms with van der Waals surface area (Å²) in [5.74, 6) is 1.58. The molecule has 3 aromatic rings. The van der Waals surface area contributed by atoms with Crippen LogP contribution in [0.1, 0.15) is 30.0 Å². The average molecular weight is 407 g/mol. The fourth-order valence-electron chi connectivity index (χ4n) is 3.94. The molecule has 1 aromatic heterocycles. The molecule has 0 aliphatic heterocycles. The number of aryl methyl sites for hydroxylation is 1. The smallest absolute Gasteiger partial charge is 0.246 e. The maximum absolute atomic E-state index is 12.9. The predicted molar refractivity (Wildman–Crippen MR) is 111 cm³/mol. The van der Waals surface area contributed by atoms with Crippen molar-refractivity contribution in [3.8, 4) is 22.9 Å². The number of hydrogen-bond donors (Lipinski definition) is 0. The van der Waals surface area contributed by atoms with Gasteiger partial charge < -0.3 is 14.4 Å². The highest BCUT2D eigenvalue weighted by atomic mass is 16.5. The fraction of sp³-hybridized carbons (Fsp3) is 0.364. The molecule has 0 radical (unpaired) electrons. The molecule has 2 aromatic carbocycles. The molecule has 0 saturated heterocycles. The third kappa shape index (κ3) is 3.85. The highest BCUT2D eigenvalue weighted by molar-refractivity contribution is 5.76. The minimum absolute atomic E-state index is 0.0372. The first-order valence-electron chi connectivity index (χ1n) is 9.94. The Morgan fingerprint density at radius 3 is 2.77 bits per heavy atom. The zero-order chi connectivity index (χ0) is 21.1. The maximum Gasteiger partial charge on any atom is 0.246 e. The van der Waals surface area contributed by atoms with Gasteiger partial charge in [-0.2, -0.15) is 4.80 Å². The standard InChI is InChI=1S/C22H25N5O3/c1-26(18-10-6-8-15-7-4-5-9-17(15)18)21(28)14-27-24-22(23-25-27)16-11-12-19(29-2)20(13-16)30-3/h4-5,7,9,11-13,18H,6,8,10,14H2,1-3H3/t18-/m0/s1. The van der Waals surface area contributed by atoms with Crippen molar-refractivity contribution in [2.75, 3.05) is 21.3 Å². The molecule has 1 heterocycles. The second-order valence-corrected chi connectivity index (χ2v) is 7.32. The van der Waals surface area contributed by atoms with Crippen LogP contribution < -0.4 is 9.47 Å². The van der Waals surface area contributed by atoms with E-state index in [0.717, 1.165) is 24.8 Å². The Morgan fingerprint density at radius 1 is 1.17 bits per heavy atom. The van der Waals surface area contributed by atoms with E-state index < -0.39 is 0 Å². The monoisotopic (exact) mass is 407 g/mol. The third-order valence-electron chi connectivity index (χ3n) is 5.57. The van der Waals surface area contributed by atoms with Gasteiger partial charge in [-0.3, -0.25) is 4.79 Å². The van der Waals surface area contributed by atoms with Crippen molar-refractivity contribution >= 4 is 5.91 Å². The average Bonchev–Trinajstić information content (AvgIpc) is 3.26. The van der Waals surface area contributed by atoms with Crippen molar-refractivity contribution in [3.63, 3.8) is 0 Å². The van der Waals surface area contributed by atoms with E-state index in [1.54, 1.807) is 31.3 Å². The van der Waals surface area contributed by atoms with E-state index in [2.05, 4.69) is 33.6 Å². The number of carbonyl (C=O) groups is 1. The summed E-state index contributed by atoms with van der Waals surface area (Å²) in [4.78, 5) is 16.0. The number of tetrazole rings is 1. The summed E-state index contributed by atoms with van der Waals surface area (Å²) < 4.78 is 10.6. The van der Waals surface area contributed by atoms with Crippen molar-refractivity contribution in [2.45, 2.75) is 31.8 Å². The molecule has 8 nitrogen and oxygen atoms in total. The van der Waals surface area contributed by atoms with Crippen molar-refractivity contribution in [2.24, 2.45) is 0 Å². The lowest BCUT2D eigenvalue weighted by Gasteiger charge is -2.33. The van der Waals surface area contributed by atoms with Gasteiger partial charge in [0.05, 0.1) is 20.3 Å². The molecule has 1 amide bonds. The Hall–Kier alpha value is -3.42. The molecule has 156 valence electrons. The van der Waals surface area contributed by atoms with Gasteiger partial charge in [0, 0.05) is 12.6 Å². The second-order valence-electron chi connectivity index (χ2n) is 7.32. The van der Waals surface area contributed by atoms with E-state index in [1.807, 2.05) is 19.2 Å². The Bertz CT molecular complexity index is 1050. The summed E-state index contributed by atoms with van der Waals surface area (Å²) in [6, 6.07) is 13.8. The van der Waals surface area contributed by atoms with Crippen LogP contribution in [-0.4, -0.2) is 52.3 Å². The number of benzene rings is 2. The summed E-state index contributed by atoms with van der Waals surface area (Å²) in [6.45, 7) is 0.0372. The number of nitrogens with zero attached hydrogens (tertiary/aromatic N) is 5. The Morgan fingerprint density at radius 2 is 1.97 bits per heavy atom. The molecule has 0 bridgehead atoms. The molecule has 1 aliphatic rings. The van der Waals surface area contributed by atoms with Gasteiger partial charge in [0.2, 0.25) is 11.7 Å².